The number of aromatic nitrogens is 1. The van der Waals surface area contributed by atoms with E-state index in [2.05, 4.69) is 36.2 Å². The smallest absolute Gasteiger partial charge is 0.0702 e. The van der Waals surface area contributed by atoms with Crippen molar-refractivity contribution in [1.82, 2.24) is 4.98 Å². The Balaban J connectivity index is 1.98. The first kappa shape index (κ1) is 12.6. The summed E-state index contributed by atoms with van der Waals surface area (Å²) in [5.74, 6) is 0.769. The number of rotatable bonds is 2. The van der Waals surface area contributed by atoms with Crippen LogP contribution >= 0.6 is 0 Å². The van der Waals surface area contributed by atoms with E-state index in [1.165, 1.54) is 30.2 Å². The third kappa shape index (κ3) is 2.37. The van der Waals surface area contributed by atoms with E-state index in [1.807, 2.05) is 12.3 Å². The van der Waals surface area contributed by atoms with Gasteiger partial charge in [-0.3, -0.25) is 4.98 Å². The van der Waals surface area contributed by atoms with Crippen LogP contribution in [0.25, 0.3) is 10.9 Å². The van der Waals surface area contributed by atoms with Crippen molar-refractivity contribution in [3.63, 3.8) is 0 Å². The van der Waals surface area contributed by atoms with Crippen molar-refractivity contribution in [3.05, 3.63) is 42.1 Å². The molecule has 1 aliphatic carbocycles. The number of benzene rings is 1. The van der Waals surface area contributed by atoms with E-state index in [1.54, 1.807) is 0 Å². The van der Waals surface area contributed by atoms with Gasteiger partial charge < -0.3 is 5.73 Å². The zero-order chi connectivity index (χ0) is 13.3. The first-order chi connectivity index (χ1) is 9.21. The minimum absolute atomic E-state index is 0.171. The molecular weight excluding hydrogens is 232 g/mol. The first-order valence-corrected chi connectivity index (χ1v) is 7.35. The Hall–Kier alpha value is -1.41. The molecule has 0 saturated heterocycles. The summed E-state index contributed by atoms with van der Waals surface area (Å²) in [4.78, 5) is 4.57. The van der Waals surface area contributed by atoms with Gasteiger partial charge in [-0.05, 0) is 36.5 Å². The molecule has 3 rings (SSSR count). The van der Waals surface area contributed by atoms with Crippen LogP contribution in [0.2, 0.25) is 0 Å². The number of nitrogens with zero attached hydrogens (tertiary/aromatic N) is 1. The molecule has 0 aliphatic heterocycles. The standard InChI is InChI=1S/C17H22N2/c1-2-13-6-5-9-17(18,11-13)15-10-14-7-3-4-8-16(14)19-12-15/h3-4,7-8,10,12-13H,2,5-6,9,11,18H2,1H3. The van der Waals surface area contributed by atoms with Crippen molar-refractivity contribution in [3.8, 4) is 0 Å². The molecule has 1 fully saturated rings. The predicted molar refractivity (Wildman–Crippen MR) is 79.9 cm³/mol. The van der Waals surface area contributed by atoms with Crippen LogP contribution in [0.1, 0.15) is 44.6 Å². The quantitative estimate of drug-likeness (QED) is 0.880. The summed E-state index contributed by atoms with van der Waals surface area (Å²) in [6.07, 6.45) is 7.98. The van der Waals surface area contributed by atoms with Gasteiger partial charge in [0.15, 0.2) is 0 Å². The second kappa shape index (κ2) is 4.93. The Morgan fingerprint density at radius 1 is 1.37 bits per heavy atom. The molecule has 0 amide bonds. The van der Waals surface area contributed by atoms with E-state index in [0.717, 1.165) is 24.3 Å². The van der Waals surface area contributed by atoms with Crippen molar-refractivity contribution in [1.29, 1.82) is 0 Å². The summed E-state index contributed by atoms with van der Waals surface area (Å²) in [6, 6.07) is 10.5. The number of fused-ring (bicyclic) bond motifs is 1. The van der Waals surface area contributed by atoms with Crippen molar-refractivity contribution in [2.24, 2.45) is 11.7 Å². The third-order valence-corrected chi connectivity index (χ3v) is 4.63. The fourth-order valence-corrected chi connectivity index (χ4v) is 3.38. The van der Waals surface area contributed by atoms with E-state index < -0.39 is 0 Å². The van der Waals surface area contributed by atoms with Crippen LogP contribution in [0.15, 0.2) is 36.5 Å². The number of para-hydroxylation sites is 1. The van der Waals surface area contributed by atoms with Crippen LogP contribution in [0.5, 0.6) is 0 Å². The highest BCUT2D eigenvalue weighted by atomic mass is 14.8. The maximum Gasteiger partial charge on any atom is 0.0702 e. The molecule has 2 nitrogen and oxygen atoms in total. The van der Waals surface area contributed by atoms with Crippen LogP contribution in [0, 0.1) is 5.92 Å². The molecule has 0 radical (unpaired) electrons. The van der Waals surface area contributed by atoms with Crippen molar-refractivity contribution in [2.45, 2.75) is 44.6 Å². The van der Waals surface area contributed by atoms with Gasteiger partial charge in [-0.25, -0.2) is 0 Å². The summed E-state index contributed by atoms with van der Waals surface area (Å²) in [5.41, 5.74) is 8.79. The summed E-state index contributed by atoms with van der Waals surface area (Å²) in [6.45, 7) is 2.27. The number of hydrogen-bond acceptors (Lipinski definition) is 2. The van der Waals surface area contributed by atoms with Crippen LogP contribution in [-0.4, -0.2) is 4.98 Å². The molecule has 2 atom stereocenters. The van der Waals surface area contributed by atoms with E-state index in [0.29, 0.717) is 0 Å². The van der Waals surface area contributed by atoms with Crippen molar-refractivity contribution >= 4 is 10.9 Å². The highest BCUT2D eigenvalue weighted by Gasteiger charge is 2.33. The Kier molecular flexibility index (Phi) is 3.28. The molecule has 2 unspecified atom stereocenters. The number of hydrogen-bond donors (Lipinski definition) is 1. The summed E-state index contributed by atoms with van der Waals surface area (Å²) < 4.78 is 0. The summed E-state index contributed by atoms with van der Waals surface area (Å²) in [5, 5.41) is 1.20. The Morgan fingerprint density at radius 2 is 2.21 bits per heavy atom. The van der Waals surface area contributed by atoms with Crippen molar-refractivity contribution < 1.29 is 0 Å². The lowest BCUT2D eigenvalue weighted by molar-refractivity contribution is 0.221. The molecule has 0 spiro atoms. The second-order valence-electron chi connectivity index (χ2n) is 5.94. The van der Waals surface area contributed by atoms with Gasteiger partial charge in [0.25, 0.3) is 0 Å². The zero-order valence-corrected chi connectivity index (χ0v) is 11.6. The topological polar surface area (TPSA) is 38.9 Å². The number of nitrogens with two attached hydrogens (primary N) is 1. The molecule has 1 aromatic carbocycles. The monoisotopic (exact) mass is 254 g/mol. The molecule has 1 aliphatic rings. The zero-order valence-electron chi connectivity index (χ0n) is 11.6. The molecular formula is C17H22N2. The molecule has 100 valence electrons. The van der Waals surface area contributed by atoms with Gasteiger partial charge in [0.05, 0.1) is 5.52 Å². The van der Waals surface area contributed by atoms with Crippen molar-refractivity contribution in [2.75, 3.05) is 0 Å². The molecule has 1 heterocycles. The fourth-order valence-electron chi connectivity index (χ4n) is 3.38. The van der Waals surface area contributed by atoms with Crippen LogP contribution in [0.4, 0.5) is 0 Å². The summed E-state index contributed by atoms with van der Waals surface area (Å²) >= 11 is 0. The minimum Gasteiger partial charge on any atom is -0.321 e. The normalized spacial score (nSPS) is 27.6. The SMILES string of the molecule is CCC1CCCC(N)(c2cnc3ccccc3c2)C1. The van der Waals surface area contributed by atoms with Gasteiger partial charge in [0.1, 0.15) is 0 Å². The Morgan fingerprint density at radius 3 is 3.05 bits per heavy atom. The lowest BCUT2D eigenvalue weighted by Crippen LogP contribution is -2.41. The first-order valence-electron chi connectivity index (χ1n) is 7.35. The predicted octanol–water partition coefficient (Wildman–Crippen LogP) is 3.99. The lowest BCUT2D eigenvalue weighted by atomic mass is 9.72. The molecule has 1 aromatic heterocycles. The molecule has 1 saturated carbocycles. The molecule has 0 bridgehead atoms. The van der Waals surface area contributed by atoms with Crippen LogP contribution in [-0.2, 0) is 5.54 Å². The maximum atomic E-state index is 6.70. The Bertz CT molecular complexity index is 578. The minimum atomic E-state index is -0.171. The number of pyridine rings is 1. The van der Waals surface area contributed by atoms with E-state index >= 15 is 0 Å². The van der Waals surface area contributed by atoms with Gasteiger partial charge in [0, 0.05) is 17.1 Å². The largest absolute Gasteiger partial charge is 0.321 e. The fraction of sp³-hybridized carbons (Fsp3) is 0.471. The molecule has 2 N–H and O–H groups in total. The highest BCUT2D eigenvalue weighted by molar-refractivity contribution is 5.79. The third-order valence-electron chi connectivity index (χ3n) is 4.63. The molecule has 2 aromatic rings. The van der Waals surface area contributed by atoms with E-state index in [9.17, 15) is 0 Å². The van der Waals surface area contributed by atoms with Gasteiger partial charge in [-0.1, -0.05) is 44.4 Å². The molecule has 19 heavy (non-hydrogen) atoms. The average Bonchev–Trinajstić information content (AvgIpc) is 2.46. The van der Waals surface area contributed by atoms with E-state index in [4.69, 9.17) is 5.73 Å². The van der Waals surface area contributed by atoms with Gasteiger partial charge in [0.2, 0.25) is 0 Å². The molecule has 2 heteroatoms. The van der Waals surface area contributed by atoms with Gasteiger partial charge in [-0.2, -0.15) is 0 Å². The lowest BCUT2D eigenvalue weighted by Gasteiger charge is -2.38. The van der Waals surface area contributed by atoms with Crippen LogP contribution in [0.3, 0.4) is 0 Å². The van der Waals surface area contributed by atoms with Gasteiger partial charge in [-0.15, -0.1) is 0 Å². The van der Waals surface area contributed by atoms with E-state index in [-0.39, 0.29) is 5.54 Å². The van der Waals surface area contributed by atoms with Crippen LogP contribution < -0.4 is 5.73 Å². The maximum absolute atomic E-state index is 6.70. The Labute approximate surface area is 115 Å². The average molecular weight is 254 g/mol. The second-order valence-corrected chi connectivity index (χ2v) is 5.94. The highest BCUT2D eigenvalue weighted by Crippen LogP contribution is 2.39. The van der Waals surface area contributed by atoms with Gasteiger partial charge >= 0.3 is 0 Å². The summed E-state index contributed by atoms with van der Waals surface area (Å²) in [7, 11) is 0.